The fourth-order valence-corrected chi connectivity index (χ4v) is 2.85. The zero-order valence-corrected chi connectivity index (χ0v) is 12.6. The van der Waals surface area contributed by atoms with Gasteiger partial charge in [0.05, 0.1) is 6.26 Å². The maximum atomic E-state index is 13.1. The molecule has 0 aliphatic carbocycles. The van der Waals surface area contributed by atoms with Crippen LogP contribution in [-0.4, -0.2) is 6.04 Å². The van der Waals surface area contributed by atoms with Gasteiger partial charge in [0.2, 0.25) is 0 Å². The van der Waals surface area contributed by atoms with Gasteiger partial charge in [0.15, 0.2) is 0 Å². The van der Waals surface area contributed by atoms with E-state index in [9.17, 15) is 4.39 Å². The Labute approximate surface area is 121 Å². The summed E-state index contributed by atoms with van der Waals surface area (Å²) in [7, 11) is 0. The first-order valence-corrected chi connectivity index (χ1v) is 7.09. The predicted molar refractivity (Wildman–Crippen MR) is 77.5 cm³/mol. The molecule has 0 radical (unpaired) electrons. The number of furan rings is 1. The number of rotatable bonds is 5. The number of benzene rings is 1. The van der Waals surface area contributed by atoms with Crippen molar-refractivity contribution in [3.8, 4) is 0 Å². The smallest absolute Gasteiger partial charge is 0.124 e. The van der Waals surface area contributed by atoms with E-state index in [4.69, 9.17) is 4.42 Å². The van der Waals surface area contributed by atoms with Crippen LogP contribution in [0.5, 0.6) is 0 Å². The summed E-state index contributed by atoms with van der Waals surface area (Å²) in [5.74, 6) is 0.733. The van der Waals surface area contributed by atoms with Crippen molar-refractivity contribution in [3.05, 3.63) is 58.2 Å². The summed E-state index contributed by atoms with van der Waals surface area (Å²) in [6.07, 6.45) is 2.51. The highest BCUT2D eigenvalue weighted by Gasteiger charge is 2.13. The first-order chi connectivity index (χ1) is 9.06. The minimum absolute atomic E-state index is 0.139. The van der Waals surface area contributed by atoms with E-state index in [1.54, 1.807) is 12.3 Å². The quantitative estimate of drug-likeness (QED) is 0.877. The third kappa shape index (κ3) is 3.91. The van der Waals surface area contributed by atoms with Gasteiger partial charge in [-0.2, -0.15) is 0 Å². The minimum atomic E-state index is -0.230. The second-order valence-electron chi connectivity index (χ2n) is 4.74. The van der Waals surface area contributed by atoms with E-state index in [1.165, 1.54) is 12.1 Å². The summed E-state index contributed by atoms with van der Waals surface area (Å²) in [6.45, 7) is 4.17. The van der Waals surface area contributed by atoms with Crippen LogP contribution in [0, 0.1) is 5.82 Å². The van der Waals surface area contributed by atoms with Crippen LogP contribution in [0.1, 0.15) is 31.2 Å². The largest absolute Gasteiger partial charge is 0.469 e. The van der Waals surface area contributed by atoms with Gasteiger partial charge in [0, 0.05) is 23.0 Å². The summed E-state index contributed by atoms with van der Waals surface area (Å²) in [5.41, 5.74) is 1.05. The van der Waals surface area contributed by atoms with Crippen molar-refractivity contribution in [1.82, 2.24) is 5.32 Å². The Bertz CT molecular complexity index is 527. The summed E-state index contributed by atoms with van der Waals surface area (Å²) in [4.78, 5) is 0. The average molecular weight is 326 g/mol. The third-order valence-electron chi connectivity index (χ3n) is 3.05. The fraction of sp³-hybridized carbons (Fsp3) is 0.333. The lowest BCUT2D eigenvalue weighted by Gasteiger charge is -2.20. The van der Waals surface area contributed by atoms with E-state index in [-0.39, 0.29) is 17.9 Å². The molecule has 19 heavy (non-hydrogen) atoms. The molecule has 0 fully saturated rings. The molecule has 0 aliphatic heterocycles. The molecule has 2 atom stereocenters. The van der Waals surface area contributed by atoms with Gasteiger partial charge in [-0.1, -0.05) is 22.0 Å². The molecule has 0 saturated heterocycles. The van der Waals surface area contributed by atoms with E-state index >= 15 is 0 Å². The van der Waals surface area contributed by atoms with Crippen LogP contribution in [0.3, 0.4) is 0 Å². The molecule has 4 heteroatoms. The first-order valence-electron chi connectivity index (χ1n) is 6.29. The highest BCUT2D eigenvalue weighted by atomic mass is 79.9. The van der Waals surface area contributed by atoms with Gasteiger partial charge in [-0.15, -0.1) is 0 Å². The Hall–Kier alpha value is -1.13. The van der Waals surface area contributed by atoms with E-state index in [1.807, 2.05) is 12.1 Å². The molecule has 0 spiro atoms. The SMILES string of the molecule is CC(Cc1ccco1)NC(C)c1ccc(F)cc1Br. The Morgan fingerprint density at radius 3 is 2.74 bits per heavy atom. The molecule has 1 aromatic heterocycles. The van der Waals surface area contributed by atoms with Gasteiger partial charge in [-0.05, 0) is 43.7 Å². The lowest BCUT2D eigenvalue weighted by molar-refractivity contribution is 0.428. The van der Waals surface area contributed by atoms with Gasteiger partial charge in [-0.3, -0.25) is 0 Å². The summed E-state index contributed by atoms with van der Waals surface area (Å²) in [5, 5.41) is 3.48. The monoisotopic (exact) mass is 325 g/mol. The molecule has 2 aromatic rings. The van der Waals surface area contributed by atoms with Crippen molar-refractivity contribution in [3.63, 3.8) is 0 Å². The molecule has 0 bridgehead atoms. The van der Waals surface area contributed by atoms with Crippen molar-refractivity contribution in [2.45, 2.75) is 32.4 Å². The van der Waals surface area contributed by atoms with Crippen LogP contribution in [-0.2, 0) is 6.42 Å². The summed E-state index contributed by atoms with van der Waals surface area (Å²) < 4.78 is 19.2. The lowest BCUT2D eigenvalue weighted by Crippen LogP contribution is -2.30. The molecule has 0 aliphatic rings. The van der Waals surface area contributed by atoms with Gasteiger partial charge >= 0.3 is 0 Å². The zero-order chi connectivity index (χ0) is 13.8. The Morgan fingerprint density at radius 2 is 2.11 bits per heavy atom. The van der Waals surface area contributed by atoms with Crippen LogP contribution in [0.4, 0.5) is 4.39 Å². The van der Waals surface area contributed by atoms with Gasteiger partial charge in [0.1, 0.15) is 11.6 Å². The number of hydrogen-bond acceptors (Lipinski definition) is 2. The van der Waals surface area contributed by atoms with E-state index in [2.05, 4.69) is 35.1 Å². The first kappa shape index (κ1) is 14.3. The summed E-state index contributed by atoms with van der Waals surface area (Å²) >= 11 is 3.40. The van der Waals surface area contributed by atoms with Crippen molar-refractivity contribution < 1.29 is 8.81 Å². The highest BCUT2D eigenvalue weighted by Crippen LogP contribution is 2.24. The van der Waals surface area contributed by atoms with Crippen molar-refractivity contribution >= 4 is 15.9 Å². The van der Waals surface area contributed by atoms with Crippen LogP contribution in [0.15, 0.2) is 45.5 Å². The average Bonchev–Trinajstić information content (AvgIpc) is 2.81. The maximum absolute atomic E-state index is 13.1. The maximum Gasteiger partial charge on any atom is 0.124 e. The molecular weight excluding hydrogens is 309 g/mol. The number of halogens is 2. The number of nitrogens with one attached hydrogen (secondary N) is 1. The third-order valence-corrected chi connectivity index (χ3v) is 3.74. The van der Waals surface area contributed by atoms with Crippen LogP contribution in [0.2, 0.25) is 0 Å². The molecule has 1 aromatic carbocycles. The fourth-order valence-electron chi connectivity index (χ4n) is 2.16. The molecule has 2 unspecified atom stereocenters. The highest BCUT2D eigenvalue weighted by molar-refractivity contribution is 9.10. The molecule has 0 saturated carbocycles. The van der Waals surface area contributed by atoms with Crippen LogP contribution >= 0.6 is 15.9 Å². The molecule has 102 valence electrons. The summed E-state index contributed by atoms with van der Waals surface area (Å²) in [6, 6.07) is 9.05. The van der Waals surface area contributed by atoms with Gasteiger partial charge < -0.3 is 9.73 Å². The van der Waals surface area contributed by atoms with Crippen LogP contribution < -0.4 is 5.32 Å². The van der Waals surface area contributed by atoms with Gasteiger partial charge in [-0.25, -0.2) is 4.39 Å². The Kier molecular flexibility index (Phi) is 4.77. The molecule has 2 nitrogen and oxygen atoms in total. The molecule has 0 amide bonds. The van der Waals surface area contributed by atoms with E-state index in [0.29, 0.717) is 0 Å². The molecule has 1 heterocycles. The van der Waals surface area contributed by atoms with Crippen molar-refractivity contribution in [2.24, 2.45) is 0 Å². The normalized spacial score (nSPS) is 14.3. The van der Waals surface area contributed by atoms with E-state index in [0.717, 1.165) is 22.2 Å². The lowest BCUT2D eigenvalue weighted by atomic mass is 10.1. The second kappa shape index (κ2) is 6.35. The topological polar surface area (TPSA) is 25.2 Å². The molecule has 2 rings (SSSR count). The van der Waals surface area contributed by atoms with Gasteiger partial charge in [0.25, 0.3) is 0 Å². The van der Waals surface area contributed by atoms with Crippen molar-refractivity contribution in [2.75, 3.05) is 0 Å². The number of hydrogen-bond donors (Lipinski definition) is 1. The minimum Gasteiger partial charge on any atom is -0.469 e. The zero-order valence-electron chi connectivity index (χ0n) is 11.0. The predicted octanol–water partition coefficient (Wildman–Crippen LogP) is 4.46. The van der Waals surface area contributed by atoms with E-state index < -0.39 is 0 Å². The Balaban J connectivity index is 1.98. The Morgan fingerprint density at radius 1 is 1.32 bits per heavy atom. The second-order valence-corrected chi connectivity index (χ2v) is 5.59. The van der Waals surface area contributed by atoms with Crippen molar-refractivity contribution in [1.29, 1.82) is 0 Å². The molecular formula is C15H17BrFNO. The molecule has 1 N–H and O–H groups in total. The standard InChI is InChI=1S/C15H17BrFNO/c1-10(8-13-4-3-7-19-13)18-11(2)14-6-5-12(17)9-15(14)16/h3-7,9-11,18H,8H2,1-2H3. The van der Waals surface area contributed by atoms with Crippen LogP contribution in [0.25, 0.3) is 0 Å².